The molecule has 4 nitrogen and oxygen atoms in total. The molecule has 4 N–H and O–H groups in total. The smallest absolute Gasteiger partial charge is 0.0828 e. The van der Waals surface area contributed by atoms with Crippen LogP contribution in [0.3, 0.4) is 0 Å². The lowest BCUT2D eigenvalue weighted by Crippen LogP contribution is -2.43. The standard InChI is InChI=1S/C9H22N2O2/c1-4-5-12-7(2)6-13-8(3)9(10)11/h7-9H,4-6,10-11H2,1-3H3. The van der Waals surface area contributed by atoms with E-state index in [1.807, 2.05) is 13.8 Å². The summed E-state index contributed by atoms with van der Waals surface area (Å²) in [5.74, 6) is 0. The Labute approximate surface area is 80.6 Å². The van der Waals surface area contributed by atoms with Crippen molar-refractivity contribution < 1.29 is 9.47 Å². The fourth-order valence-electron chi connectivity index (χ4n) is 0.766. The minimum atomic E-state index is -0.418. The zero-order chi connectivity index (χ0) is 10.3. The van der Waals surface area contributed by atoms with Crippen LogP contribution in [-0.2, 0) is 9.47 Å². The summed E-state index contributed by atoms with van der Waals surface area (Å²) in [7, 11) is 0. The average Bonchev–Trinajstić information content (AvgIpc) is 2.10. The van der Waals surface area contributed by atoms with Crippen LogP contribution in [0.4, 0.5) is 0 Å². The maximum Gasteiger partial charge on any atom is 0.0828 e. The Balaban J connectivity index is 3.40. The minimum Gasteiger partial charge on any atom is -0.376 e. The number of ether oxygens (including phenoxy) is 2. The molecular formula is C9H22N2O2. The quantitative estimate of drug-likeness (QED) is 0.572. The second kappa shape index (κ2) is 7.26. The van der Waals surface area contributed by atoms with Crippen molar-refractivity contribution in [2.45, 2.75) is 45.6 Å². The molecule has 0 aliphatic carbocycles. The van der Waals surface area contributed by atoms with Crippen LogP contribution in [0.5, 0.6) is 0 Å². The van der Waals surface area contributed by atoms with Crippen LogP contribution in [-0.4, -0.2) is 31.6 Å². The molecule has 0 amide bonds. The molecule has 0 heterocycles. The molecule has 0 aliphatic heterocycles. The van der Waals surface area contributed by atoms with Crippen LogP contribution in [0.15, 0.2) is 0 Å². The normalized spacial score (nSPS) is 16.2. The molecule has 80 valence electrons. The summed E-state index contributed by atoms with van der Waals surface area (Å²) in [6.45, 7) is 7.23. The van der Waals surface area contributed by atoms with Gasteiger partial charge in [0.25, 0.3) is 0 Å². The molecule has 13 heavy (non-hydrogen) atoms. The van der Waals surface area contributed by atoms with Crippen molar-refractivity contribution >= 4 is 0 Å². The van der Waals surface area contributed by atoms with Crippen molar-refractivity contribution in [3.05, 3.63) is 0 Å². The van der Waals surface area contributed by atoms with Crippen molar-refractivity contribution in [1.29, 1.82) is 0 Å². The first kappa shape index (κ1) is 12.8. The van der Waals surface area contributed by atoms with Gasteiger partial charge >= 0.3 is 0 Å². The molecule has 0 spiro atoms. The lowest BCUT2D eigenvalue weighted by Gasteiger charge is -2.19. The van der Waals surface area contributed by atoms with Crippen LogP contribution in [0, 0.1) is 0 Å². The average molecular weight is 190 g/mol. The summed E-state index contributed by atoms with van der Waals surface area (Å²) in [4.78, 5) is 0. The fourth-order valence-corrected chi connectivity index (χ4v) is 0.766. The summed E-state index contributed by atoms with van der Waals surface area (Å²) in [5, 5.41) is 0. The summed E-state index contributed by atoms with van der Waals surface area (Å²) in [6, 6.07) is 0. The maximum absolute atomic E-state index is 5.43. The number of nitrogens with two attached hydrogens (primary N) is 2. The predicted octanol–water partition coefficient (Wildman–Crippen LogP) is 0.450. The van der Waals surface area contributed by atoms with Crippen molar-refractivity contribution in [2.24, 2.45) is 11.5 Å². The van der Waals surface area contributed by atoms with E-state index in [0.29, 0.717) is 6.61 Å². The van der Waals surface area contributed by atoms with E-state index in [2.05, 4.69) is 6.92 Å². The topological polar surface area (TPSA) is 70.5 Å². The van der Waals surface area contributed by atoms with Gasteiger partial charge in [0.05, 0.1) is 25.0 Å². The first-order valence-electron chi connectivity index (χ1n) is 4.82. The summed E-state index contributed by atoms with van der Waals surface area (Å²) < 4.78 is 10.8. The van der Waals surface area contributed by atoms with Crippen LogP contribution in [0.2, 0.25) is 0 Å². The predicted molar refractivity (Wildman–Crippen MR) is 53.3 cm³/mol. The molecule has 4 heteroatoms. The van der Waals surface area contributed by atoms with E-state index in [1.54, 1.807) is 0 Å². The summed E-state index contributed by atoms with van der Waals surface area (Å²) in [5.41, 5.74) is 10.9. The molecule has 0 rings (SSSR count). The van der Waals surface area contributed by atoms with Gasteiger partial charge in [-0.25, -0.2) is 0 Å². The molecular weight excluding hydrogens is 168 g/mol. The fraction of sp³-hybridized carbons (Fsp3) is 1.00. The van der Waals surface area contributed by atoms with Gasteiger partial charge in [-0.1, -0.05) is 6.92 Å². The van der Waals surface area contributed by atoms with Gasteiger partial charge in [-0.15, -0.1) is 0 Å². The van der Waals surface area contributed by atoms with Crippen LogP contribution in [0.1, 0.15) is 27.2 Å². The van der Waals surface area contributed by atoms with Gasteiger partial charge in [-0.05, 0) is 20.3 Å². The molecule has 0 aliphatic rings. The highest BCUT2D eigenvalue weighted by atomic mass is 16.5. The molecule has 2 unspecified atom stereocenters. The first-order valence-corrected chi connectivity index (χ1v) is 4.82. The minimum absolute atomic E-state index is 0.112. The first-order chi connectivity index (χ1) is 6.07. The molecule has 0 aromatic carbocycles. The third kappa shape index (κ3) is 6.95. The third-order valence-electron chi connectivity index (χ3n) is 1.74. The molecule has 0 aromatic heterocycles. The van der Waals surface area contributed by atoms with Crippen molar-refractivity contribution in [1.82, 2.24) is 0 Å². The Morgan fingerprint density at radius 2 is 1.77 bits per heavy atom. The molecule has 0 aromatic rings. The third-order valence-corrected chi connectivity index (χ3v) is 1.74. The Morgan fingerprint density at radius 1 is 1.15 bits per heavy atom. The molecule has 0 saturated heterocycles. The van der Waals surface area contributed by atoms with E-state index in [4.69, 9.17) is 20.9 Å². The monoisotopic (exact) mass is 190 g/mol. The van der Waals surface area contributed by atoms with Crippen molar-refractivity contribution in [3.8, 4) is 0 Å². The summed E-state index contributed by atoms with van der Waals surface area (Å²) >= 11 is 0. The summed E-state index contributed by atoms with van der Waals surface area (Å²) in [6.07, 6.45) is 0.600. The van der Waals surface area contributed by atoms with Gasteiger partial charge in [-0.2, -0.15) is 0 Å². The Morgan fingerprint density at radius 3 is 2.23 bits per heavy atom. The second-order valence-corrected chi connectivity index (χ2v) is 3.30. The molecule has 0 radical (unpaired) electrons. The molecule has 0 saturated carbocycles. The van der Waals surface area contributed by atoms with E-state index >= 15 is 0 Å². The largest absolute Gasteiger partial charge is 0.376 e. The van der Waals surface area contributed by atoms with E-state index in [0.717, 1.165) is 13.0 Å². The number of hydrogen-bond acceptors (Lipinski definition) is 4. The van der Waals surface area contributed by atoms with E-state index in [1.165, 1.54) is 0 Å². The SMILES string of the molecule is CCCOC(C)COC(C)C(N)N. The number of rotatable bonds is 7. The van der Waals surface area contributed by atoms with E-state index in [9.17, 15) is 0 Å². The highest BCUT2D eigenvalue weighted by molar-refractivity contribution is 4.61. The Kier molecular flexibility index (Phi) is 7.17. The van der Waals surface area contributed by atoms with E-state index < -0.39 is 6.17 Å². The van der Waals surface area contributed by atoms with E-state index in [-0.39, 0.29) is 12.2 Å². The highest BCUT2D eigenvalue weighted by Gasteiger charge is 2.10. The van der Waals surface area contributed by atoms with Crippen LogP contribution >= 0.6 is 0 Å². The van der Waals surface area contributed by atoms with Gasteiger partial charge < -0.3 is 20.9 Å². The molecule has 2 atom stereocenters. The lowest BCUT2D eigenvalue weighted by molar-refractivity contribution is -0.0371. The maximum atomic E-state index is 5.43. The Hall–Kier alpha value is -0.160. The van der Waals surface area contributed by atoms with Crippen molar-refractivity contribution in [2.75, 3.05) is 13.2 Å². The zero-order valence-corrected chi connectivity index (χ0v) is 8.82. The van der Waals surface area contributed by atoms with Gasteiger partial charge in [0.1, 0.15) is 0 Å². The lowest BCUT2D eigenvalue weighted by atomic mass is 10.3. The van der Waals surface area contributed by atoms with Crippen LogP contribution in [0.25, 0.3) is 0 Å². The van der Waals surface area contributed by atoms with Crippen LogP contribution < -0.4 is 11.5 Å². The van der Waals surface area contributed by atoms with Gasteiger partial charge in [0.2, 0.25) is 0 Å². The molecule has 0 fully saturated rings. The second-order valence-electron chi connectivity index (χ2n) is 3.30. The van der Waals surface area contributed by atoms with Gasteiger partial charge in [0.15, 0.2) is 0 Å². The highest BCUT2D eigenvalue weighted by Crippen LogP contribution is 1.97. The molecule has 0 bridgehead atoms. The van der Waals surface area contributed by atoms with Gasteiger partial charge in [-0.3, -0.25) is 0 Å². The van der Waals surface area contributed by atoms with Gasteiger partial charge in [0, 0.05) is 6.61 Å². The number of hydrogen-bond donors (Lipinski definition) is 2. The Bertz CT molecular complexity index is 120. The van der Waals surface area contributed by atoms with Crippen molar-refractivity contribution in [3.63, 3.8) is 0 Å². The zero-order valence-electron chi connectivity index (χ0n) is 8.82.